The van der Waals surface area contributed by atoms with Crippen LogP contribution in [0.4, 0.5) is 5.82 Å². The Balaban J connectivity index is 1.64. The van der Waals surface area contributed by atoms with E-state index in [4.69, 9.17) is 30.3 Å². The number of rotatable bonds is 6. The molecule has 9 nitrogen and oxygen atoms in total. The Bertz CT molecular complexity index is 1230. The highest BCUT2D eigenvalue weighted by atomic mass is 32.2. The zero-order chi connectivity index (χ0) is 20.7. The second-order valence-electron chi connectivity index (χ2n) is 6.83. The topological polar surface area (TPSA) is 127 Å². The molecule has 10 heteroatoms. The van der Waals surface area contributed by atoms with Crippen molar-refractivity contribution in [3.63, 3.8) is 0 Å². The standard InChI is InChI=1S/C20H20N6O3S/c1-11-3-4-13(29-11)12-7-14-15(28-10-27-14)8-16(12)30-20-25-17-18(22)23-9-24-19(17)26(20)6-2-5-21/h3-4,7-9H,2,5-6,10,21H2,1H3,(H2,22,23,24). The molecule has 0 saturated heterocycles. The van der Waals surface area contributed by atoms with E-state index in [0.717, 1.165) is 33.6 Å². The summed E-state index contributed by atoms with van der Waals surface area (Å²) in [6, 6.07) is 7.75. The lowest BCUT2D eigenvalue weighted by atomic mass is 10.1. The molecule has 0 spiro atoms. The molecule has 0 unspecified atom stereocenters. The fourth-order valence-corrected chi connectivity index (χ4v) is 4.40. The molecule has 1 aliphatic heterocycles. The number of hydrogen-bond acceptors (Lipinski definition) is 9. The highest BCUT2D eigenvalue weighted by Gasteiger charge is 2.23. The van der Waals surface area contributed by atoms with Crippen LogP contribution in [0.2, 0.25) is 0 Å². The van der Waals surface area contributed by atoms with Gasteiger partial charge in [-0.2, -0.15) is 0 Å². The third-order valence-electron chi connectivity index (χ3n) is 4.79. The van der Waals surface area contributed by atoms with Crippen LogP contribution in [0.5, 0.6) is 11.5 Å². The van der Waals surface area contributed by atoms with Crippen LogP contribution in [0.25, 0.3) is 22.5 Å². The molecule has 154 valence electrons. The molecule has 0 bridgehead atoms. The van der Waals surface area contributed by atoms with E-state index in [-0.39, 0.29) is 6.79 Å². The van der Waals surface area contributed by atoms with Crippen LogP contribution >= 0.6 is 11.8 Å². The van der Waals surface area contributed by atoms with E-state index < -0.39 is 0 Å². The molecule has 0 fully saturated rings. The fourth-order valence-electron chi connectivity index (χ4n) is 3.34. The number of imidazole rings is 1. The van der Waals surface area contributed by atoms with E-state index in [1.807, 2.05) is 35.8 Å². The summed E-state index contributed by atoms with van der Waals surface area (Å²) in [5.74, 6) is 3.30. The maximum atomic E-state index is 6.05. The predicted octanol–water partition coefficient (Wildman–Crippen LogP) is 3.21. The SMILES string of the molecule is Cc1ccc(-c2cc3c(cc2Sc2nc4c(N)ncnc4n2CCCN)OCO3)o1. The Morgan fingerprint density at radius 3 is 2.77 bits per heavy atom. The van der Waals surface area contributed by atoms with Gasteiger partial charge in [-0.3, -0.25) is 0 Å². The first-order valence-corrected chi connectivity index (χ1v) is 10.3. The summed E-state index contributed by atoms with van der Waals surface area (Å²) in [5.41, 5.74) is 14.0. The van der Waals surface area contributed by atoms with Crippen molar-refractivity contribution < 1.29 is 13.9 Å². The van der Waals surface area contributed by atoms with Gasteiger partial charge < -0.3 is 29.9 Å². The number of furan rings is 1. The molecule has 30 heavy (non-hydrogen) atoms. The molecule has 5 rings (SSSR count). The highest BCUT2D eigenvalue weighted by molar-refractivity contribution is 7.99. The van der Waals surface area contributed by atoms with Crippen LogP contribution in [0.1, 0.15) is 12.2 Å². The van der Waals surface area contributed by atoms with Gasteiger partial charge in [-0.25, -0.2) is 15.0 Å². The van der Waals surface area contributed by atoms with Gasteiger partial charge in [-0.1, -0.05) is 11.8 Å². The third-order valence-corrected chi connectivity index (χ3v) is 5.84. The minimum Gasteiger partial charge on any atom is -0.461 e. The van der Waals surface area contributed by atoms with Crippen molar-refractivity contribution in [2.45, 2.75) is 29.9 Å². The Kier molecular flexibility index (Phi) is 4.72. The third kappa shape index (κ3) is 3.23. The summed E-state index contributed by atoms with van der Waals surface area (Å²) in [7, 11) is 0. The number of ether oxygens (including phenoxy) is 2. The number of fused-ring (bicyclic) bond motifs is 2. The molecule has 4 heterocycles. The van der Waals surface area contributed by atoms with Gasteiger partial charge in [-0.05, 0) is 44.2 Å². The first-order valence-electron chi connectivity index (χ1n) is 9.49. The van der Waals surface area contributed by atoms with Crippen molar-refractivity contribution in [1.29, 1.82) is 0 Å². The molecule has 4 aromatic rings. The van der Waals surface area contributed by atoms with E-state index in [0.29, 0.717) is 41.6 Å². The van der Waals surface area contributed by atoms with Crippen LogP contribution in [0, 0.1) is 6.92 Å². The first kappa shape index (κ1) is 18.8. The van der Waals surface area contributed by atoms with Gasteiger partial charge in [0.2, 0.25) is 6.79 Å². The van der Waals surface area contributed by atoms with Crippen LogP contribution in [-0.4, -0.2) is 32.9 Å². The number of aromatic nitrogens is 4. The Labute approximate surface area is 176 Å². The Morgan fingerprint density at radius 2 is 2.00 bits per heavy atom. The average molecular weight is 424 g/mol. The second-order valence-corrected chi connectivity index (χ2v) is 7.84. The van der Waals surface area contributed by atoms with Crippen LogP contribution in [-0.2, 0) is 6.54 Å². The number of nitrogens with two attached hydrogens (primary N) is 2. The minimum atomic E-state index is 0.196. The highest BCUT2D eigenvalue weighted by Crippen LogP contribution is 2.45. The van der Waals surface area contributed by atoms with Crippen molar-refractivity contribution in [2.24, 2.45) is 5.73 Å². The van der Waals surface area contributed by atoms with Gasteiger partial charge in [0.05, 0.1) is 0 Å². The monoisotopic (exact) mass is 424 g/mol. The molecular weight excluding hydrogens is 404 g/mol. The van der Waals surface area contributed by atoms with Crippen molar-refractivity contribution in [2.75, 3.05) is 19.1 Å². The molecule has 0 saturated carbocycles. The maximum absolute atomic E-state index is 6.05. The van der Waals surface area contributed by atoms with Crippen LogP contribution < -0.4 is 20.9 Å². The molecule has 0 atom stereocenters. The summed E-state index contributed by atoms with van der Waals surface area (Å²) in [6.07, 6.45) is 2.23. The summed E-state index contributed by atoms with van der Waals surface area (Å²) in [6.45, 7) is 3.34. The molecule has 1 aliphatic rings. The summed E-state index contributed by atoms with van der Waals surface area (Å²) < 4.78 is 19.1. The van der Waals surface area contributed by atoms with Gasteiger partial charge in [0.1, 0.15) is 17.8 Å². The van der Waals surface area contributed by atoms with Crippen molar-refractivity contribution in [3.05, 3.63) is 36.4 Å². The number of anilines is 1. The number of benzene rings is 1. The van der Waals surface area contributed by atoms with E-state index in [1.54, 1.807) is 0 Å². The largest absolute Gasteiger partial charge is 0.461 e. The molecule has 0 radical (unpaired) electrons. The average Bonchev–Trinajstić information content (AvgIpc) is 3.45. The van der Waals surface area contributed by atoms with Gasteiger partial charge in [0.25, 0.3) is 0 Å². The van der Waals surface area contributed by atoms with Gasteiger partial charge >= 0.3 is 0 Å². The van der Waals surface area contributed by atoms with E-state index in [2.05, 4.69) is 9.97 Å². The lowest BCUT2D eigenvalue weighted by Gasteiger charge is -2.11. The summed E-state index contributed by atoms with van der Waals surface area (Å²) in [5, 5.41) is 0.744. The molecule has 1 aromatic carbocycles. The normalized spacial score (nSPS) is 12.7. The first-order chi connectivity index (χ1) is 14.6. The fraction of sp³-hybridized carbons (Fsp3) is 0.250. The number of nitrogen functional groups attached to an aromatic ring is 1. The van der Waals surface area contributed by atoms with Crippen molar-refractivity contribution >= 4 is 28.7 Å². The lowest BCUT2D eigenvalue weighted by molar-refractivity contribution is 0.174. The van der Waals surface area contributed by atoms with Gasteiger partial charge in [0, 0.05) is 17.0 Å². The molecule has 3 aromatic heterocycles. The van der Waals surface area contributed by atoms with Crippen molar-refractivity contribution in [1.82, 2.24) is 19.5 Å². The maximum Gasteiger partial charge on any atom is 0.231 e. The lowest BCUT2D eigenvalue weighted by Crippen LogP contribution is -2.07. The Morgan fingerprint density at radius 1 is 1.17 bits per heavy atom. The van der Waals surface area contributed by atoms with E-state index >= 15 is 0 Å². The smallest absolute Gasteiger partial charge is 0.231 e. The quantitative estimate of drug-likeness (QED) is 0.479. The molecular formula is C20H20N6O3S. The van der Waals surface area contributed by atoms with Gasteiger partial charge in [0.15, 0.2) is 33.6 Å². The molecule has 4 N–H and O–H groups in total. The molecule has 0 amide bonds. The number of nitrogens with zero attached hydrogens (tertiary/aromatic N) is 4. The van der Waals surface area contributed by atoms with E-state index in [9.17, 15) is 0 Å². The molecule has 0 aliphatic carbocycles. The van der Waals surface area contributed by atoms with E-state index in [1.165, 1.54) is 18.1 Å². The minimum absolute atomic E-state index is 0.196. The van der Waals surface area contributed by atoms with Gasteiger partial charge in [-0.15, -0.1) is 0 Å². The summed E-state index contributed by atoms with van der Waals surface area (Å²) in [4.78, 5) is 14.1. The van der Waals surface area contributed by atoms with Crippen molar-refractivity contribution in [3.8, 4) is 22.8 Å². The number of aryl methyl sites for hydroxylation is 2. The van der Waals surface area contributed by atoms with Crippen LogP contribution in [0.15, 0.2) is 45.1 Å². The summed E-state index contributed by atoms with van der Waals surface area (Å²) >= 11 is 1.49. The Hall–Kier alpha value is -3.24. The zero-order valence-electron chi connectivity index (χ0n) is 16.3. The predicted molar refractivity (Wildman–Crippen MR) is 113 cm³/mol. The van der Waals surface area contributed by atoms with Crippen LogP contribution in [0.3, 0.4) is 0 Å². The second kappa shape index (κ2) is 7.54. The zero-order valence-corrected chi connectivity index (χ0v) is 17.1. The number of hydrogen-bond donors (Lipinski definition) is 2.